The average molecular weight is 292 g/mol. The Balaban J connectivity index is 2.44. The molecule has 6 nitrogen and oxygen atoms in total. The molecule has 1 fully saturated rings. The van der Waals surface area contributed by atoms with Gasteiger partial charge in [0.05, 0.1) is 11.4 Å². The van der Waals surface area contributed by atoms with E-state index in [0.717, 1.165) is 17.8 Å². The summed E-state index contributed by atoms with van der Waals surface area (Å²) in [5, 5.41) is 7.18. The first kappa shape index (κ1) is 15.5. The topological polar surface area (TPSA) is 67.2 Å². The summed E-state index contributed by atoms with van der Waals surface area (Å²) < 4.78 is 1.68. The lowest BCUT2D eigenvalue weighted by atomic mass is 9.93. The molecule has 2 amide bonds. The molecule has 116 valence electrons. The van der Waals surface area contributed by atoms with Gasteiger partial charge in [-0.05, 0) is 19.3 Å². The predicted molar refractivity (Wildman–Crippen MR) is 80.9 cm³/mol. The first-order valence-electron chi connectivity index (χ1n) is 7.54. The summed E-state index contributed by atoms with van der Waals surface area (Å²) in [6, 6.07) is -0.911. The molecule has 6 heteroatoms. The molecule has 1 saturated heterocycles. The Labute approximate surface area is 125 Å². The van der Waals surface area contributed by atoms with Crippen molar-refractivity contribution in [2.24, 2.45) is 13.0 Å². The molecule has 2 rings (SSSR count). The molecule has 1 aliphatic heterocycles. The van der Waals surface area contributed by atoms with Crippen molar-refractivity contribution >= 4 is 17.5 Å². The van der Waals surface area contributed by atoms with Crippen molar-refractivity contribution in [3.05, 3.63) is 11.9 Å². The van der Waals surface area contributed by atoms with Gasteiger partial charge >= 0.3 is 0 Å². The molecule has 2 heterocycles. The van der Waals surface area contributed by atoms with Crippen molar-refractivity contribution < 1.29 is 9.59 Å². The number of amides is 2. The Kier molecular flexibility index (Phi) is 4.34. The fraction of sp³-hybridized carbons (Fsp3) is 0.667. The second kappa shape index (κ2) is 5.87. The van der Waals surface area contributed by atoms with Gasteiger partial charge in [0.2, 0.25) is 5.91 Å². The molecule has 0 aliphatic carbocycles. The monoisotopic (exact) mass is 292 g/mol. The molecule has 0 bridgehead atoms. The number of hydrogen-bond acceptors (Lipinski definition) is 3. The van der Waals surface area contributed by atoms with Crippen molar-refractivity contribution in [2.75, 3.05) is 4.90 Å². The van der Waals surface area contributed by atoms with Crippen LogP contribution in [0.25, 0.3) is 0 Å². The van der Waals surface area contributed by atoms with Crippen LogP contribution >= 0.6 is 0 Å². The van der Waals surface area contributed by atoms with Gasteiger partial charge in [0.1, 0.15) is 12.1 Å². The first-order chi connectivity index (χ1) is 9.90. The van der Waals surface area contributed by atoms with E-state index in [9.17, 15) is 9.59 Å². The fourth-order valence-electron chi connectivity index (χ4n) is 2.83. The summed E-state index contributed by atoms with van der Waals surface area (Å²) >= 11 is 0. The summed E-state index contributed by atoms with van der Waals surface area (Å²) in [4.78, 5) is 26.9. The number of hydrogen-bond donors (Lipinski definition) is 1. The summed E-state index contributed by atoms with van der Waals surface area (Å²) in [5.41, 5.74) is 1.50. The van der Waals surface area contributed by atoms with E-state index in [-0.39, 0.29) is 17.7 Å². The minimum absolute atomic E-state index is 0.0353. The van der Waals surface area contributed by atoms with E-state index in [0.29, 0.717) is 6.42 Å². The Morgan fingerprint density at radius 2 is 2.05 bits per heavy atom. The normalized spacial score (nSPS) is 24.1. The minimum Gasteiger partial charge on any atom is -0.342 e. The van der Waals surface area contributed by atoms with Crippen LogP contribution in [0.2, 0.25) is 0 Å². The molecule has 0 radical (unpaired) electrons. The lowest BCUT2D eigenvalue weighted by molar-refractivity contribution is -0.135. The van der Waals surface area contributed by atoms with Crippen molar-refractivity contribution in [3.63, 3.8) is 0 Å². The van der Waals surface area contributed by atoms with Crippen LogP contribution in [0.1, 0.15) is 39.3 Å². The third kappa shape index (κ3) is 2.66. The molecule has 1 N–H and O–H groups in total. The number of aryl methyl sites for hydroxylation is 2. The maximum atomic E-state index is 12.9. The van der Waals surface area contributed by atoms with E-state index in [4.69, 9.17) is 0 Å². The van der Waals surface area contributed by atoms with Gasteiger partial charge in [-0.15, -0.1) is 0 Å². The number of carbonyl (C=O) groups is 2. The standard InChI is InChI=1S/C15H24N4O2/c1-6-9(3)13-15(21)19(11(7-2)14(20)16-13)12-8-18(5)17-10(12)4/h8-9,11,13H,6-7H2,1-5H3,(H,16,20). The van der Waals surface area contributed by atoms with Gasteiger partial charge in [0.25, 0.3) is 5.91 Å². The molecular formula is C15H24N4O2. The van der Waals surface area contributed by atoms with E-state index in [1.54, 1.807) is 9.58 Å². The molecule has 0 saturated carbocycles. The van der Waals surface area contributed by atoms with Crippen LogP contribution in [0.15, 0.2) is 6.20 Å². The zero-order valence-electron chi connectivity index (χ0n) is 13.4. The van der Waals surface area contributed by atoms with E-state index in [1.807, 2.05) is 40.9 Å². The highest BCUT2D eigenvalue weighted by Crippen LogP contribution is 2.27. The highest BCUT2D eigenvalue weighted by atomic mass is 16.2. The second-order valence-electron chi connectivity index (χ2n) is 5.78. The van der Waals surface area contributed by atoms with Gasteiger partial charge in [0, 0.05) is 13.2 Å². The summed E-state index contributed by atoms with van der Waals surface area (Å²) in [6.07, 6.45) is 3.23. The number of carbonyl (C=O) groups excluding carboxylic acids is 2. The average Bonchev–Trinajstić information content (AvgIpc) is 2.78. The van der Waals surface area contributed by atoms with Crippen molar-refractivity contribution in [2.45, 2.75) is 52.6 Å². The third-order valence-electron chi connectivity index (χ3n) is 4.26. The molecule has 21 heavy (non-hydrogen) atoms. The summed E-state index contributed by atoms with van der Waals surface area (Å²) in [7, 11) is 1.82. The van der Waals surface area contributed by atoms with Gasteiger partial charge in [-0.1, -0.05) is 27.2 Å². The highest BCUT2D eigenvalue weighted by Gasteiger charge is 2.43. The molecule has 1 aliphatic rings. The number of rotatable bonds is 4. The number of nitrogens with one attached hydrogen (secondary N) is 1. The van der Waals surface area contributed by atoms with Gasteiger partial charge < -0.3 is 5.32 Å². The highest BCUT2D eigenvalue weighted by molar-refractivity contribution is 6.08. The molecule has 0 aromatic carbocycles. The van der Waals surface area contributed by atoms with Gasteiger partial charge in [0.15, 0.2) is 0 Å². The SMILES string of the molecule is CCC(C)C1NC(=O)C(CC)N(c2cn(C)nc2C)C1=O. The summed E-state index contributed by atoms with van der Waals surface area (Å²) in [5.74, 6) is -0.00344. The van der Waals surface area contributed by atoms with E-state index in [1.165, 1.54) is 0 Å². The predicted octanol–water partition coefficient (Wildman–Crippen LogP) is 1.38. The van der Waals surface area contributed by atoms with Crippen LogP contribution in [0.3, 0.4) is 0 Å². The first-order valence-corrected chi connectivity index (χ1v) is 7.54. The van der Waals surface area contributed by atoms with E-state index < -0.39 is 12.1 Å². The van der Waals surface area contributed by atoms with E-state index >= 15 is 0 Å². The maximum Gasteiger partial charge on any atom is 0.250 e. The van der Waals surface area contributed by atoms with Crippen LogP contribution in [-0.2, 0) is 16.6 Å². The zero-order valence-corrected chi connectivity index (χ0v) is 13.4. The van der Waals surface area contributed by atoms with Crippen LogP contribution in [0, 0.1) is 12.8 Å². The van der Waals surface area contributed by atoms with Gasteiger partial charge in [-0.25, -0.2) is 0 Å². The van der Waals surface area contributed by atoms with Crippen LogP contribution < -0.4 is 10.2 Å². The minimum atomic E-state index is -0.458. The molecule has 1 aromatic rings. The number of aromatic nitrogens is 2. The Bertz CT molecular complexity index is 552. The Hall–Kier alpha value is -1.85. The largest absolute Gasteiger partial charge is 0.342 e. The Morgan fingerprint density at radius 3 is 2.52 bits per heavy atom. The van der Waals surface area contributed by atoms with Crippen molar-refractivity contribution in [1.82, 2.24) is 15.1 Å². The number of piperazine rings is 1. The van der Waals surface area contributed by atoms with Gasteiger partial charge in [-0.2, -0.15) is 5.10 Å². The Morgan fingerprint density at radius 1 is 1.38 bits per heavy atom. The number of anilines is 1. The number of nitrogens with zero attached hydrogens (tertiary/aromatic N) is 3. The fourth-order valence-corrected chi connectivity index (χ4v) is 2.83. The van der Waals surface area contributed by atoms with Crippen molar-refractivity contribution in [3.8, 4) is 0 Å². The van der Waals surface area contributed by atoms with Gasteiger partial charge in [-0.3, -0.25) is 19.2 Å². The lowest BCUT2D eigenvalue weighted by Crippen LogP contribution is -2.65. The maximum absolute atomic E-state index is 12.9. The van der Waals surface area contributed by atoms with Crippen LogP contribution in [0.5, 0.6) is 0 Å². The molecule has 3 atom stereocenters. The van der Waals surface area contributed by atoms with Crippen LogP contribution in [-0.4, -0.2) is 33.7 Å². The molecular weight excluding hydrogens is 268 g/mol. The quantitative estimate of drug-likeness (QED) is 0.911. The molecule has 0 spiro atoms. The molecule has 1 aromatic heterocycles. The lowest BCUT2D eigenvalue weighted by Gasteiger charge is -2.40. The van der Waals surface area contributed by atoms with Crippen LogP contribution in [0.4, 0.5) is 5.69 Å². The zero-order chi connectivity index (χ0) is 15.7. The molecule has 3 unspecified atom stereocenters. The second-order valence-corrected chi connectivity index (χ2v) is 5.78. The van der Waals surface area contributed by atoms with Crippen molar-refractivity contribution in [1.29, 1.82) is 0 Å². The smallest absolute Gasteiger partial charge is 0.250 e. The third-order valence-corrected chi connectivity index (χ3v) is 4.26. The van der Waals surface area contributed by atoms with E-state index in [2.05, 4.69) is 10.4 Å². The summed E-state index contributed by atoms with van der Waals surface area (Å²) in [6.45, 7) is 7.79.